The first-order valence-corrected chi connectivity index (χ1v) is 5.03. The van der Waals surface area contributed by atoms with Crippen LogP contribution in [0.15, 0.2) is 24.3 Å². The summed E-state index contributed by atoms with van der Waals surface area (Å²) in [6, 6.07) is 6.57. The summed E-state index contributed by atoms with van der Waals surface area (Å²) < 4.78 is 4.82. The van der Waals surface area contributed by atoms with Gasteiger partial charge in [-0.15, -0.1) is 0 Å². The number of nitrogens with one attached hydrogen (secondary N) is 1. The van der Waals surface area contributed by atoms with E-state index in [0.29, 0.717) is 24.3 Å². The van der Waals surface area contributed by atoms with Crippen LogP contribution in [-0.4, -0.2) is 32.0 Å². The Bertz CT molecular complexity index is 370. The highest BCUT2D eigenvalue weighted by Gasteiger charge is 2.05. The molecule has 0 heterocycles. The molecule has 0 aliphatic carbocycles. The first kappa shape index (κ1) is 12.4. The molecule has 0 aliphatic heterocycles. The second kappa shape index (κ2) is 6.02. The van der Waals surface area contributed by atoms with Gasteiger partial charge in [0.05, 0.1) is 6.61 Å². The van der Waals surface area contributed by atoms with E-state index in [9.17, 15) is 9.59 Å². The third-order valence-electron chi connectivity index (χ3n) is 2.15. The van der Waals surface area contributed by atoms with Gasteiger partial charge in [-0.1, -0.05) is 12.1 Å². The Hall–Kier alpha value is -1.68. The summed E-state index contributed by atoms with van der Waals surface area (Å²) >= 11 is 0. The van der Waals surface area contributed by atoms with Gasteiger partial charge in [0, 0.05) is 24.8 Å². The quantitative estimate of drug-likeness (QED) is 0.601. The molecule has 86 valence electrons. The van der Waals surface area contributed by atoms with Crippen LogP contribution in [0.25, 0.3) is 0 Å². The minimum atomic E-state index is -0.160. The maximum Gasteiger partial charge on any atom is 0.251 e. The molecular formula is C12H15NO3. The SMILES string of the molecule is COCCNC(=O)c1ccc(C(C)=O)cc1. The van der Waals surface area contributed by atoms with E-state index in [2.05, 4.69) is 5.32 Å². The fourth-order valence-corrected chi connectivity index (χ4v) is 1.22. The number of ether oxygens (including phenoxy) is 1. The number of rotatable bonds is 5. The number of carbonyl (C=O) groups is 2. The zero-order valence-corrected chi connectivity index (χ0v) is 9.45. The standard InChI is InChI=1S/C12H15NO3/c1-9(14)10-3-5-11(6-4-10)12(15)13-7-8-16-2/h3-6H,7-8H2,1-2H3,(H,13,15). The molecule has 0 spiro atoms. The van der Waals surface area contributed by atoms with Gasteiger partial charge in [-0.25, -0.2) is 0 Å². The molecule has 1 N–H and O–H groups in total. The number of ketones is 1. The van der Waals surface area contributed by atoms with Gasteiger partial charge in [0.2, 0.25) is 0 Å². The molecular weight excluding hydrogens is 206 g/mol. The smallest absolute Gasteiger partial charge is 0.251 e. The molecule has 16 heavy (non-hydrogen) atoms. The fraction of sp³-hybridized carbons (Fsp3) is 0.333. The van der Waals surface area contributed by atoms with Gasteiger partial charge >= 0.3 is 0 Å². The Labute approximate surface area is 94.6 Å². The summed E-state index contributed by atoms with van der Waals surface area (Å²) in [6.07, 6.45) is 0. The van der Waals surface area contributed by atoms with Crippen molar-refractivity contribution in [3.63, 3.8) is 0 Å². The topological polar surface area (TPSA) is 55.4 Å². The van der Waals surface area contributed by atoms with Gasteiger partial charge in [0.1, 0.15) is 0 Å². The lowest BCUT2D eigenvalue weighted by Gasteiger charge is -2.04. The minimum Gasteiger partial charge on any atom is -0.383 e. The molecule has 0 unspecified atom stereocenters. The van der Waals surface area contributed by atoms with Crippen LogP contribution in [0.1, 0.15) is 27.6 Å². The summed E-state index contributed by atoms with van der Waals surface area (Å²) in [5.74, 6) is -0.168. The van der Waals surface area contributed by atoms with E-state index in [1.165, 1.54) is 6.92 Å². The van der Waals surface area contributed by atoms with Gasteiger partial charge < -0.3 is 10.1 Å². The van der Waals surface area contributed by atoms with Crippen molar-refractivity contribution < 1.29 is 14.3 Å². The lowest BCUT2D eigenvalue weighted by atomic mass is 10.1. The van der Waals surface area contributed by atoms with Crippen LogP contribution < -0.4 is 5.32 Å². The molecule has 0 atom stereocenters. The van der Waals surface area contributed by atoms with Crippen LogP contribution in [-0.2, 0) is 4.74 Å². The number of hydrogen-bond acceptors (Lipinski definition) is 3. The summed E-state index contributed by atoms with van der Waals surface area (Å²) in [6.45, 7) is 2.45. The van der Waals surface area contributed by atoms with E-state index in [1.54, 1.807) is 31.4 Å². The van der Waals surface area contributed by atoms with E-state index in [-0.39, 0.29) is 11.7 Å². The number of Topliss-reactive ketones (excluding diaryl/α,β-unsaturated/α-hetero) is 1. The molecule has 0 bridgehead atoms. The summed E-state index contributed by atoms with van der Waals surface area (Å²) in [5.41, 5.74) is 1.15. The monoisotopic (exact) mass is 221 g/mol. The molecule has 1 amide bonds. The van der Waals surface area contributed by atoms with Crippen molar-refractivity contribution in [2.75, 3.05) is 20.3 Å². The molecule has 0 aromatic heterocycles. The van der Waals surface area contributed by atoms with Crippen molar-refractivity contribution in [3.05, 3.63) is 35.4 Å². The molecule has 0 fully saturated rings. The van der Waals surface area contributed by atoms with Crippen LogP contribution in [0.5, 0.6) is 0 Å². The third kappa shape index (κ3) is 3.47. The van der Waals surface area contributed by atoms with Gasteiger partial charge in [-0.05, 0) is 19.1 Å². The van der Waals surface area contributed by atoms with Crippen molar-refractivity contribution in [3.8, 4) is 0 Å². The summed E-state index contributed by atoms with van der Waals surface area (Å²) in [5, 5.41) is 2.70. The minimum absolute atomic E-state index is 0.00802. The largest absolute Gasteiger partial charge is 0.383 e. The van der Waals surface area contributed by atoms with Crippen molar-refractivity contribution in [2.24, 2.45) is 0 Å². The number of carbonyl (C=O) groups excluding carboxylic acids is 2. The second-order valence-corrected chi connectivity index (χ2v) is 3.38. The van der Waals surface area contributed by atoms with Crippen molar-refractivity contribution >= 4 is 11.7 Å². The first-order valence-electron chi connectivity index (χ1n) is 5.03. The Balaban J connectivity index is 2.59. The molecule has 0 aliphatic rings. The van der Waals surface area contributed by atoms with Crippen LogP contribution in [0.2, 0.25) is 0 Å². The van der Waals surface area contributed by atoms with E-state index in [1.807, 2.05) is 0 Å². The van der Waals surface area contributed by atoms with E-state index >= 15 is 0 Å². The van der Waals surface area contributed by atoms with E-state index in [0.717, 1.165) is 0 Å². The molecule has 1 aromatic rings. The predicted molar refractivity (Wildman–Crippen MR) is 60.7 cm³/mol. The molecule has 0 saturated carbocycles. The predicted octanol–water partition coefficient (Wildman–Crippen LogP) is 1.27. The highest BCUT2D eigenvalue weighted by molar-refractivity contribution is 5.97. The molecule has 0 radical (unpaired) electrons. The Kier molecular flexibility index (Phi) is 4.66. The summed E-state index contributed by atoms with van der Waals surface area (Å²) in [4.78, 5) is 22.6. The molecule has 1 rings (SSSR count). The molecule has 4 nitrogen and oxygen atoms in total. The zero-order valence-electron chi connectivity index (χ0n) is 9.45. The first-order chi connectivity index (χ1) is 7.65. The van der Waals surface area contributed by atoms with Crippen LogP contribution in [0.4, 0.5) is 0 Å². The molecule has 0 saturated heterocycles. The maximum absolute atomic E-state index is 11.5. The van der Waals surface area contributed by atoms with E-state index < -0.39 is 0 Å². The number of hydrogen-bond donors (Lipinski definition) is 1. The second-order valence-electron chi connectivity index (χ2n) is 3.38. The summed E-state index contributed by atoms with van der Waals surface area (Å²) in [7, 11) is 1.58. The Morgan fingerprint density at radius 3 is 2.25 bits per heavy atom. The van der Waals surface area contributed by atoms with Crippen LogP contribution in [0.3, 0.4) is 0 Å². The Morgan fingerprint density at radius 1 is 1.19 bits per heavy atom. The normalized spacial score (nSPS) is 9.88. The van der Waals surface area contributed by atoms with Crippen molar-refractivity contribution in [1.82, 2.24) is 5.32 Å². The highest BCUT2D eigenvalue weighted by Crippen LogP contribution is 2.04. The third-order valence-corrected chi connectivity index (χ3v) is 2.15. The van der Waals surface area contributed by atoms with Crippen molar-refractivity contribution in [2.45, 2.75) is 6.92 Å². The highest BCUT2D eigenvalue weighted by atomic mass is 16.5. The average Bonchev–Trinajstić information content (AvgIpc) is 2.29. The number of benzene rings is 1. The molecule has 4 heteroatoms. The zero-order chi connectivity index (χ0) is 12.0. The Morgan fingerprint density at radius 2 is 1.75 bits per heavy atom. The van der Waals surface area contributed by atoms with Crippen LogP contribution >= 0.6 is 0 Å². The van der Waals surface area contributed by atoms with Crippen molar-refractivity contribution in [1.29, 1.82) is 0 Å². The van der Waals surface area contributed by atoms with E-state index in [4.69, 9.17) is 4.74 Å². The van der Waals surface area contributed by atoms with Crippen LogP contribution in [0, 0.1) is 0 Å². The van der Waals surface area contributed by atoms with Gasteiger partial charge in [0.25, 0.3) is 5.91 Å². The lowest BCUT2D eigenvalue weighted by molar-refractivity contribution is 0.0935. The van der Waals surface area contributed by atoms with Gasteiger partial charge in [0.15, 0.2) is 5.78 Å². The number of amides is 1. The van der Waals surface area contributed by atoms with Gasteiger partial charge in [-0.2, -0.15) is 0 Å². The lowest BCUT2D eigenvalue weighted by Crippen LogP contribution is -2.26. The number of methoxy groups -OCH3 is 1. The average molecular weight is 221 g/mol. The molecule has 1 aromatic carbocycles. The fourth-order valence-electron chi connectivity index (χ4n) is 1.22. The van der Waals surface area contributed by atoms with Gasteiger partial charge in [-0.3, -0.25) is 9.59 Å². The maximum atomic E-state index is 11.5.